The molecule has 0 bridgehead atoms. The second kappa shape index (κ2) is 4.65. The molecule has 2 heteroatoms. The highest BCUT2D eigenvalue weighted by molar-refractivity contribution is 5.71. The minimum absolute atomic E-state index is 0.384. The van der Waals surface area contributed by atoms with Crippen LogP contribution in [-0.4, -0.2) is 11.3 Å². The zero-order chi connectivity index (χ0) is 8.81. The molecule has 1 heterocycles. The van der Waals surface area contributed by atoms with Crippen LogP contribution in [0.15, 0.2) is 18.3 Å². The average Bonchev–Trinajstić information content (AvgIpc) is 2.15. The highest BCUT2D eigenvalue weighted by atomic mass is 16.1. The Bertz CT molecular complexity index is 241. The lowest BCUT2D eigenvalue weighted by molar-refractivity contribution is 0.561. The summed E-state index contributed by atoms with van der Waals surface area (Å²) in [5, 5.41) is 0. The van der Waals surface area contributed by atoms with Gasteiger partial charge < -0.3 is 0 Å². The molecule has 1 aromatic rings. The smallest absolute Gasteiger partial charge is 0.253 e. The number of hydrogen-bond acceptors (Lipinski definition) is 2. The van der Waals surface area contributed by atoms with Crippen LogP contribution < -0.4 is 0 Å². The van der Waals surface area contributed by atoms with Gasteiger partial charge in [-0.3, -0.25) is 9.78 Å². The van der Waals surface area contributed by atoms with Gasteiger partial charge in [-0.15, -0.1) is 0 Å². The molecule has 0 saturated heterocycles. The maximum Gasteiger partial charge on any atom is 0.253 e. The Morgan fingerprint density at radius 3 is 2.83 bits per heavy atom. The Morgan fingerprint density at radius 1 is 1.50 bits per heavy atom. The highest BCUT2D eigenvalue weighted by Crippen LogP contribution is 2.03. The molecule has 0 atom stereocenters. The number of rotatable bonds is 4. The summed E-state index contributed by atoms with van der Waals surface area (Å²) in [5.74, 6) is 0. The van der Waals surface area contributed by atoms with Crippen LogP contribution in [0.3, 0.4) is 0 Å². The van der Waals surface area contributed by atoms with Crippen LogP contribution in [0.25, 0.3) is 0 Å². The Labute approximate surface area is 72.6 Å². The summed E-state index contributed by atoms with van der Waals surface area (Å²) in [6, 6.07) is 3.64. The lowest BCUT2D eigenvalue weighted by Gasteiger charge is -1.97. The summed E-state index contributed by atoms with van der Waals surface area (Å²) in [4.78, 5) is 14.1. The SMILES string of the molecule is CCCCc1ccc([C]=O)nc1. The molecule has 12 heavy (non-hydrogen) atoms. The van der Waals surface area contributed by atoms with E-state index in [1.54, 1.807) is 18.5 Å². The first-order valence-corrected chi connectivity index (χ1v) is 4.20. The molecule has 63 valence electrons. The van der Waals surface area contributed by atoms with Crippen LogP contribution in [0.4, 0.5) is 0 Å². The number of hydrogen-bond donors (Lipinski definition) is 0. The van der Waals surface area contributed by atoms with E-state index in [9.17, 15) is 4.79 Å². The van der Waals surface area contributed by atoms with Crippen molar-refractivity contribution in [2.24, 2.45) is 0 Å². The van der Waals surface area contributed by atoms with Crippen molar-refractivity contribution in [3.8, 4) is 0 Å². The number of pyridine rings is 1. The molecule has 0 aliphatic carbocycles. The molecule has 0 fully saturated rings. The first-order chi connectivity index (χ1) is 5.86. The third kappa shape index (κ3) is 2.46. The van der Waals surface area contributed by atoms with Gasteiger partial charge in [0, 0.05) is 6.20 Å². The van der Waals surface area contributed by atoms with Crippen molar-refractivity contribution in [1.82, 2.24) is 4.98 Å². The third-order valence-electron chi connectivity index (χ3n) is 1.75. The van der Waals surface area contributed by atoms with Crippen molar-refractivity contribution in [3.63, 3.8) is 0 Å². The fourth-order valence-electron chi connectivity index (χ4n) is 1.01. The second-order valence-electron chi connectivity index (χ2n) is 2.76. The summed E-state index contributed by atoms with van der Waals surface area (Å²) in [6.07, 6.45) is 6.89. The van der Waals surface area contributed by atoms with E-state index in [1.807, 2.05) is 6.07 Å². The molecule has 2 nitrogen and oxygen atoms in total. The van der Waals surface area contributed by atoms with Gasteiger partial charge in [0.1, 0.15) is 5.69 Å². The summed E-state index contributed by atoms with van der Waals surface area (Å²) >= 11 is 0. The average molecular weight is 162 g/mol. The molecule has 0 aliphatic heterocycles. The maximum atomic E-state index is 10.1. The van der Waals surface area contributed by atoms with Gasteiger partial charge in [-0.2, -0.15) is 0 Å². The Balaban J connectivity index is 2.58. The van der Waals surface area contributed by atoms with Gasteiger partial charge in [-0.25, -0.2) is 0 Å². The monoisotopic (exact) mass is 162 g/mol. The predicted molar refractivity (Wildman–Crippen MR) is 47.6 cm³/mol. The zero-order valence-corrected chi connectivity index (χ0v) is 7.21. The summed E-state index contributed by atoms with van der Waals surface area (Å²) in [5.41, 5.74) is 1.58. The standard InChI is InChI=1S/C10H12NO/c1-2-3-4-9-5-6-10(8-12)11-7-9/h5-7H,2-4H2,1H3. The molecule has 0 aliphatic rings. The van der Waals surface area contributed by atoms with E-state index in [4.69, 9.17) is 0 Å². The van der Waals surface area contributed by atoms with Crippen LogP contribution >= 0.6 is 0 Å². The molecule has 0 aromatic carbocycles. The van der Waals surface area contributed by atoms with Gasteiger partial charge in [-0.05, 0) is 24.5 Å². The number of unbranched alkanes of at least 4 members (excludes halogenated alkanes) is 1. The summed E-state index contributed by atoms with van der Waals surface area (Å²) < 4.78 is 0. The maximum absolute atomic E-state index is 10.1. The van der Waals surface area contributed by atoms with E-state index in [-0.39, 0.29) is 0 Å². The molecule has 0 spiro atoms. The van der Waals surface area contributed by atoms with E-state index in [0.717, 1.165) is 6.42 Å². The van der Waals surface area contributed by atoms with Crippen LogP contribution in [0.5, 0.6) is 0 Å². The molecule has 1 rings (SSSR count). The minimum atomic E-state index is 0.384. The minimum Gasteiger partial charge on any atom is -0.283 e. The first kappa shape index (κ1) is 8.91. The van der Waals surface area contributed by atoms with E-state index < -0.39 is 0 Å². The number of aryl methyl sites for hydroxylation is 1. The quantitative estimate of drug-likeness (QED) is 0.676. The Kier molecular flexibility index (Phi) is 3.45. The zero-order valence-electron chi connectivity index (χ0n) is 7.21. The fraction of sp³-hybridized carbons (Fsp3) is 0.400. The molecular formula is C10H12NO. The van der Waals surface area contributed by atoms with E-state index >= 15 is 0 Å². The second-order valence-corrected chi connectivity index (χ2v) is 2.76. The lowest BCUT2D eigenvalue weighted by Crippen LogP contribution is -1.90. The van der Waals surface area contributed by atoms with Crippen molar-refractivity contribution in [1.29, 1.82) is 0 Å². The number of aromatic nitrogens is 1. The fourth-order valence-corrected chi connectivity index (χ4v) is 1.01. The van der Waals surface area contributed by atoms with E-state index in [1.165, 1.54) is 18.4 Å². The number of nitrogens with zero attached hydrogens (tertiary/aromatic N) is 1. The summed E-state index contributed by atoms with van der Waals surface area (Å²) in [6.45, 7) is 2.15. The largest absolute Gasteiger partial charge is 0.283 e. The molecule has 0 amide bonds. The summed E-state index contributed by atoms with van der Waals surface area (Å²) in [7, 11) is 0. The lowest BCUT2D eigenvalue weighted by atomic mass is 10.1. The van der Waals surface area contributed by atoms with Crippen molar-refractivity contribution in [3.05, 3.63) is 29.6 Å². The molecule has 1 radical (unpaired) electrons. The molecule has 0 unspecified atom stereocenters. The number of carbonyl (C=O) groups excluding carboxylic acids is 1. The van der Waals surface area contributed by atoms with Crippen LogP contribution in [-0.2, 0) is 11.2 Å². The third-order valence-corrected chi connectivity index (χ3v) is 1.75. The van der Waals surface area contributed by atoms with E-state index in [2.05, 4.69) is 11.9 Å². The molecule has 0 saturated carbocycles. The topological polar surface area (TPSA) is 30.0 Å². The van der Waals surface area contributed by atoms with Gasteiger partial charge in [0.15, 0.2) is 0 Å². The van der Waals surface area contributed by atoms with E-state index in [0.29, 0.717) is 5.69 Å². The van der Waals surface area contributed by atoms with Gasteiger partial charge in [0.2, 0.25) is 0 Å². The normalized spacial score (nSPS) is 9.75. The molecular weight excluding hydrogens is 150 g/mol. The van der Waals surface area contributed by atoms with Gasteiger partial charge in [-0.1, -0.05) is 19.4 Å². The molecule has 1 aromatic heterocycles. The Hall–Kier alpha value is -1.18. The van der Waals surface area contributed by atoms with Crippen LogP contribution in [0.1, 0.15) is 31.0 Å². The Morgan fingerprint density at radius 2 is 2.33 bits per heavy atom. The van der Waals surface area contributed by atoms with Crippen LogP contribution in [0, 0.1) is 0 Å². The van der Waals surface area contributed by atoms with Crippen molar-refractivity contribution >= 4 is 6.29 Å². The molecule has 0 N–H and O–H groups in total. The van der Waals surface area contributed by atoms with Crippen LogP contribution in [0.2, 0.25) is 0 Å². The van der Waals surface area contributed by atoms with Gasteiger partial charge in [0.05, 0.1) is 0 Å². The van der Waals surface area contributed by atoms with Gasteiger partial charge >= 0.3 is 0 Å². The predicted octanol–water partition coefficient (Wildman–Crippen LogP) is 1.88. The van der Waals surface area contributed by atoms with Crippen molar-refractivity contribution < 1.29 is 4.79 Å². The van der Waals surface area contributed by atoms with Gasteiger partial charge in [0.25, 0.3) is 6.29 Å². The van der Waals surface area contributed by atoms with Crippen molar-refractivity contribution in [2.45, 2.75) is 26.2 Å². The van der Waals surface area contributed by atoms with Crippen molar-refractivity contribution in [2.75, 3.05) is 0 Å². The first-order valence-electron chi connectivity index (χ1n) is 4.20. The highest BCUT2D eigenvalue weighted by Gasteiger charge is 1.94.